The van der Waals surface area contributed by atoms with Crippen LogP contribution in [0.5, 0.6) is 0 Å². The van der Waals surface area contributed by atoms with Gasteiger partial charge in [-0.1, -0.05) is 0 Å². The van der Waals surface area contributed by atoms with Crippen LogP contribution in [0.4, 0.5) is 10.3 Å². The lowest BCUT2D eigenvalue weighted by atomic mass is 10.4. The van der Waals surface area contributed by atoms with Crippen LogP contribution in [0.2, 0.25) is 0 Å². The third kappa shape index (κ3) is 1.90. The van der Waals surface area contributed by atoms with E-state index in [2.05, 4.69) is 9.97 Å². The zero-order chi connectivity index (χ0) is 9.14. The van der Waals surface area contributed by atoms with E-state index in [0.29, 0.717) is 12.0 Å². The van der Waals surface area contributed by atoms with E-state index >= 15 is 0 Å². The van der Waals surface area contributed by atoms with E-state index in [4.69, 9.17) is 0 Å². The minimum atomic E-state index is -0.407. The Morgan fingerprint density at radius 1 is 1.33 bits per heavy atom. The topological polar surface area (TPSA) is 29.0 Å². The summed E-state index contributed by atoms with van der Waals surface area (Å²) in [5, 5.41) is 0. The maximum Gasteiger partial charge on any atom is 0.225 e. The number of anilines is 1. The van der Waals surface area contributed by atoms with Crippen molar-refractivity contribution in [2.75, 3.05) is 11.9 Å². The average molecular weight is 169 g/mol. The molecule has 0 radical (unpaired) electrons. The predicted octanol–water partition coefficient (Wildman–Crippen LogP) is 1.46. The normalized spacial score (nSPS) is 10.4. The Morgan fingerprint density at radius 2 is 1.83 bits per heavy atom. The van der Waals surface area contributed by atoms with Gasteiger partial charge in [-0.15, -0.1) is 0 Å². The van der Waals surface area contributed by atoms with E-state index < -0.39 is 5.82 Å². The van der Waals surface area contributed by atoms with Gasteiger partial charge in [-0.3, -0.25) is 0 Å². The van der Waals surface area contributed by atoms with Crippen molar-refractivity contribution >= 4 is 5.95 Å². The summed E-state index contributed by atoms with van der Waals surface area (Å²) in [4.78, 5) is 9.55. The van der Waals surface area contributed by atoms with Crippen molar-refractivity contribution < 1.29 is 4.39 Å². The fourth-order valence-electron chi connectivity index (χ4n) is 0.719. The van der Waals surface area contributed by atoms with E-state index in [1.54, 1.807) is 0 Å². The first kappa shape index (κ1) is 8.90. The first-order valence-electron chi connectivity index (χ1n) is 3.81. The van der Waals surface area contributed by atoms with Gasteiger partial charge in [0, 0.05) is 13.1 Å². The molecule has 0 fully saturated rings. The summed E-state index contributed by atoms with van der Waals surface area (Å²) in [5.41, 5.74) is 0. The zero-order valence-electron chi connectivity index (χ0n) is 7.45. The van der Waals surface area contributed by atoms with Crippen LogP contribution >= 0.6 is 0 Å². The van der Waals surface area contributed by atoms with Gasteiger partial charge in [-0.2, -0.15) is 0 Å². The molecule has 0 aliphatic heterocycles. The number of rotatable bonds is 2. The molecule has 1 rings (SSSR count). The van der Waals surface area contributed by atoms with E-state index in [1.807, 2.05) is 25.8 Å². The molecule has 0 aromatic carbocycles. The first-order valence-corrected chi connectivity index (χ1v) is 3.81. The molecule has 12 heavy (non-hydrogen) atoms. The summed E-state index contributed by atoms with van der Waals surface area (Å²) in [6, 6.07) is 0.315. The molecule has 66 valence electrons. The molecular weight excluding hydrogens is 157 g/mol. The van der Waals surface area contributed by atoms with Gasteiger partial charge in [0.1, 0.15) is 0 Å². The van der Waals surface area contributed by atoms with Crippen LogP contribution in [-0.2, 0) is 0 Å². The molecule has 0 saturated heterocycles. The maximum absolute atomic E-state index is 12.4. The molecule has 3 nitrogen and oxygen atoms in total. The van der Waals surface area contributed by atoms with Gasteiger partial charge in [0.05, 0.1) is 12.4 Å². The number of aromatic nitrogens is 2. The van der Waals surface area contributed by atoms with Gasteiger partial charge >= 0.3 is 0 Å². The highest BCUT2D eigenvalue weighted by Gasteiger charge is 2.06. The Kier molecular flexibility index (Phi) is 2.58. The van der Waals surface area contributed by atoms with Gasteiger partial charge in [-0.05, 0) is 13.8 Å². The zero-order valence-corrected chi connectivity index (χ0v) is 7.45. The van der Waals surface area contributed by atoms with Crippen molar-refractivity contribution in [3.8, 4) is 0 Å². The lowest BCUT2D eigenvalue weighted by Crippen LogP contribution is -2.27. The van der Waals surface area contributed by atoms with E-state index in [9.17, 15) is 4.39 Å². The highest BCUT2D eigenvalue weighted by atomic mass is 19.1. The van der Waals surface area contributed by atoms with Gasteiger partial charge < -0.3 is 4.90 Å². The second-order valence-corrected chi connectivity index (χ2v) is 2.91. The van der Waals surface area contributed by atoms with Crippen molar-refractivity contribution in [3.63, 3.8) is 0 Å². The van der Waals surface area contributed by atoms with Crippen LogP contribution in [-0.4, -0.2) is 23.1 Å². The summed E-state index contributed by atoms with van der Waals surface area (Å²) >= 11 is 0. The summed E-state index contributed by atoms with van der Waals surface area (Å²) in [6.07, 6.45) is 2.34. The lowest BCUT2D eigenvalue weighted by molar-refractivity contribution is 0.609. The summed E-state index contributed by atoms with van der Waals surface area (Å²) in [6.45, 7) is 4.04. The van der Waals surface area contributed by atoms with Crippen LogP contribution in [0.1, 0.15) is 13.8 Å². The minimum Gasteiger partial charge on any atom is -0.341 e. The molecule has 0 amide bonds. The molecule has 1 heterocycles. The number of nitrogens with zero attached hydrogens (tertiary/aromatic N) is 3. The summed E-state index contributed by atoms with van der Waals surface area (Å²) in [7, 11) is 1.87. The molecular formula is C8H12FN3. The molecule has 0 unspecified atom stereocenters. The quantitative estimate of drug-likeness (QED) is 0.671. The average Bonchev–Trinajstić information content (AvgIpc) is 2.04. The van der Waals surface area contributed by atoms with Gasteiger partial charge in [-0.25, -0.2) is 14.4 Å². The van der Waals surface area contributed by atoms with Crippen LogP contribution in [0, 0.1) is 5.82 Å². The second kappa shape index (κ2) is 3.47. The van der Waals surface area contributed by atoms with Crippen LogP contribution in [0.3, 0.4) is 0 Å². The van der Waals surface area contributed by atoms with Crippen molar-refractivity contribution in [3.05, 3.63) is 18.2 Å². The van der Waals surface area contributed by atoms with Crippen molar-refractivity contribution in [1.29, 1.82) is 0 Å². The summed E-state index contributed by atoms with van der Waals surface area (Å²) in [5.74, 6) is 0.141. The van der Waals surface area contributed by atoms with Crippen LogP contribution in [0.25, 0.3) is 0 Å². The first-order chi connectivity index (χ1) is 5.61. The number of hydrogen-bond donors (Lipinski definition) is 0. The molecule has 0 aliphatic carbocycles. The summed E-state index contributed by atoms with van der Waals surface area (Å²) < 4.78 is 12.4. The van der Waals surface area contributed by atoms with E-state index in [1.165, 1.54) is 12.4 Å². The van der Waals surface area contributed by atoms with Crippen molar-refractivity contribution in [2.24, 2.45) is 0 Å². The van der Waals surface area contributed by atoms with E-state index in [-0.39, 0.29) is 0 Å². The molecule has 0 atom stereocenters. The maximum atomic E-state index is 12.4. The standard InChI is InChI=1S/C8H12FN3/c1-6(2)12(3)8-10-4-7(9)5-11-8/h4-6H,1-3H3. The smallest absolute Gasteiger partial charge is 0.225 e. The molecule has 0 spiro atoms. The lowest BCUT2D eigenvalue weighted by Gasteiger charge is -2.20. The van der Waals surface area contributed by atoms with Crippen LogP contribution < -0.4 is 4.90 Å². The second-order valence-electron chi connectivity index (χ2n) is 2.91. The molecule has 0 aliphatic rings. The monoisotopic (exact) mass is 169 g/mol. The fraction of sp³-hybridized carbons (Fsp3) is 0.500. The van der Waals surface area contributed by atoms with E-state index in [0.717, 1.165) is 0 Å². The van der Waals surface area contributed by atoms with Crippen LogP contribution in [0.15, 0.2) is 12.4 Å². The molecule has 1 aromatic rings. The van der Waals surface area contributed by atoms with Gasteiger partial charge in [0.2, 0.25) is 5.95 Å². The van der Waals surface area contributed by atoms with Crippen molar-refractivity contribution in [2.45, 2.75) is 19.9 Å². The fourth-order valence-corrected chi connectivity index (χ4v) is 0.719. The molecule has 0 saturated carbocycles. The Balaban J connectivity index is 2.82. The van der Waals surface area contributed by atoms with Gasteiger partial charge in [0.25, 0.3) is 0 Å². The Bertz CT molecular complexity index is 245. The largest absolute Gasteiger partial charge is 0.341 e. The third-order valence-corrected chi connectivity index (χ3v) is 1.70. The SMILES string of the molecule is CC(C)N(C)c1ncc(F)cn1. The minimum absolute atomic E-state index is 0.315. The highest BCUT2D eigenvalue weighted by molar-refractivity contribution is 5.27. The number of hydrogen-bond acceptors (Lipinski definition) is 3. The molecule has 0 N–H and O–H groups in total. The molecule has 4 heteroatoms. The highest BCUT2D eigenvalue weighted by Crippen LogP contribution is 2.06. The van der Waals surface area contributed by atoms with Gasteiger partial charge in [0.15, 0.2) is 5.82 Å². The Morgan fingerprint density at radius 3 is 2.25 bits per heavy atom. The van der Waals surface area contributed by atoms with Crippen molar-refractivity contribution in [1.82, 2.24) is 9.97 Å². The third-order valence-electron chi connectivity index (χ3n) is 1.70. The molecule has 0 bridgehead atoms. The molecule has 1 aromatic heterocycles. The predicted molar refractivity (Wildman–Crippen MR) is 45.5 cm³/mol. The number of halogens is 1. The Labute approximate surface area is 71.3 Å². The Hall–Kier alpha value is -1.19.